The summed E-state index contributed by atoms with van der Waals surface area (Å²) in [5, 5.41) is 12.8. The largest absolute Gasteiger partial charge is 0.392 e. The first-order valence-electron chi connectivity index (χ1n) is 6.25. The third-order valence-corrected chi connectivity index (χ3v) is 3.38. The van der Waals surface area contributed by atoms with Crippen LogP contribution in [0.1, 0.15) is 24.0 Å². The van der Waals surface area contributed by atoms with Crippen LogP contribution in [0, 0.1) is 5.92 Å². The molecule has 0 amide bonds. The highest BCUT2D eigenvalue weighted by Gasteiger charge is 2.30. The van der Waals surface area contributed by atoms with Gasteiger partial charge in [0.2, 0.25) is 0 Å². The third-order valence-electron chi connectivity index (χ3n) is 3.38. The Labute approximate surface area is 103 Å². The van der Waals surface area contributed by atoms with E-state index in [9.17, 15) is 5.11 Å². The van der Waals surface area contributed by atoms with E-state index in [4.69, 9.17) is 4.74 Å². The maximum atomic E-state index is 9.26. The van der Waals surface area contributed by atoms with E-state index in [1.54, 1.807) is 7.11 Å². The molecule has 1 fully saturated rings. The highest BCUT2D eigenvalue weighted by atomic mass is 16.5. The zero-order valence-electron chi connectivity index (χ0n) is 10.4. The van der Waals surface area contributed by atoms with Crippen LogP contribution in [0.3, 0.4) is 0 Å². The molecule has 1 aliphatic rings. The number of hydrogen-bond acceptors (Lipinski definition) is 3. The van der Waals surface area contributed by atoms with Gasteiger partial charge in [-0.1, -0.05) is 24.3 Å². The molecule has 1 atom stereocenters. The van der Waals surface area contributed by atoms with Gasteiger partial charge >= 0.3 is 0 Å². The molecule has 3 heteroatoms. The van der Waals surface area contributed by atoms with E-state index in [2.05, 4.69) is 11.4 Å². The van der Waals surface area contributed by atoms with Gasteiger partial charge in [0.25, 0.3) is 0 Å². The molecule has 1 aromatic carbocycles. The smallest absolute Gasteiger partial charge is 0.0685 e. The number of aliphatic hydroxyl groups is 1. The fourth-order valence-corrected chi connectivity index (χ4v) is 2.17. The van der Waals surface area contributed by atoms with Gasteiger partial charge in [-0.25, -0.2) is 0 Å². The maximum Gasteiger partial charge on any atom is 0.0685 e. The lowest BCUT2D eigenvalue weighted by molar-refractivity contribution is 0.157. The number of hydrogen-bond donors (Lipinski definition) is 2. The fourth-order valence-electron chi connectivity index (χ4n) is 2.17. The maximum absolute atomic E-state index is 9.26. The van der Waals surface area contributed by atoms with Crippen LogP contribution in [0.25, 0.3) is 0 Å². The van der Waals surface area contributed by atoms with Crippen molar-refractivity contribution in [2.24, 2.45) is 5.92 Å². The van der Waals surface area contributed by atoms with Gasteiger partial charge in [0.05, 0.1) is 13.2 Å². The molecule has 94 valence electrons. The Bertz CT molecular complexity index is 350. The summed E-state index contributed by atoms with van der Waals surface area (Å²) >= 11 is 0. The Morgan fingerprint density at radius 2 is 2.06 bits per heavy atom. The van der Waals surface area contributed by atoms with E-state index in [0.717, 1.165) is 24.6 Å². The van der Waals surface area contributed by atoms with E-state index in [0.29, 0.717) is 6.04 Å². The van der Waals surface area contributed by atoms with Crippen molar-refractivity contribution < 1.29 is 9.84 Å². The monoisotopic (exact) mass is 235 g/mol. The van der Waals surface area contributed by atoms with E-state index in [-0.39, 0.29) is 6.61 Å². The Morgan fingerprint density at radius 3 is 2.65 bits per heavy atom. The van der Waals surface area contributed by atoms with Gasteiger partial charge in [0, 0.05) is 19.7 Å². The average molecular weight is 235 g/mol. The highest BCUT2D eigenvalue weighted by molar-refractivity contribution is 5.26. The Kier molecular flexibility index (Phi) is 4.54. The molecule has 0 radical (unpaired) electrons. The average Bonchev–Trinajstić information content (AvgIpc) is 3.19. The number of rotatable bonds is 7. The first-order valence-corrected chi connectivity index (χ1v) is 6.25. The Hall–Kier alpha value is -0.900. The quantitative estimate of drug-likeness (QED) is 0.755. The Balaban J connectivity index is 1.91. The molecular weight excluding hydrogens is 214 g/mol. The molecule has 0 spiro atoms. The summed E-state index contributed by atoms with van der Waals surface area (Å²) in [4.78, 5) is 0. The van der Waals surface area contributed by atoms with Crippen molar-refractivity contribution in [1.82, 2.24) is 5.32 Å². The number of benzene rings is 1. The predicted octanol–water partition coefficient (Wildman–Crippen LogP) is 1.69. The normalized spacial score (nSPS) is 17.1. The van der Waals surface area contributed by atoms with E-state index in [1.165, 1.54) is 18.4 Å². The summed E-state index contributed by atoms with van der Waals surface area (Å²) in [6.45, 7) is 1.68. The molecule has 0 aliphatic heterocycles. The highest BCUT2D eigenvalue weighted by Crippen LogP contribution is 2.32. The predicted molar refractivity (Wildman–Crippen MR) is 67.6 cm³/mol. The van der Waals surface area contributed by atoms with Crippen LogP contribution in [0.5, 0.6) is 0 Å². The number of methoxy groups -OCH3 is 1. The fraction of sp³-hybridized carbons (Fsp3) is 0.571. The number of ether oxygens (including phenoxy) is 1. The zero-order valence-corrected chi connectivity index (χ0v) is 10.4. The second-order valence-corrected chi connectivity index (χ2v) is 4.71. The van der Waals surface area contributed by atoms with Crippen LogP contribution in [0.2, 0.25) is 0 Å². The lowest BCUT2D eigenvalue weighted by Crippen LogP contribution is -2.34. The van der Waals surface area contributed by atoms with Crippen molar-refractivity contribution in [3.05, 3.63) is 35.4 Å². The van der Waals surface area contributed by atoms with E-state index >= 15 is 0 Å². The first kappa shape index (κ1) is 12.6. The summed E-state index contributed by atoms with van der Waals surface area (Å²) in [6, 6.07) is 8.46. The van der Waals surface area contributed by atoms with Gasteiger partial charge in [-0.3, -0.25) is 0 Å². The van der Waals surface area contributed by atoms with Crippen LogP contribution < -0.4 is 5.32 Å². The molecule has 2 rings (SSSR count). The number of nitrogens with one attached hydrogen (secondary N) is 1. The lowest BCUT2D eigenvalue weighted by Gasteiger charge is -2.18. The van der Waals surface area contributed by atoms with Crippen LogP contribution >= 0.6 is 0 Å². The van der Waals surface area contributed by atoms with Crippen LogP contribution in [0.15, 0.2) is 24.3 Å². The van der Waals surface area contributed by atoms with E-state index < -0.39 is 0 Å². The molecular formula is C14H21NO2. The van der Waals surface area contributed by atoms with Crippen LogP contribution in [-0.4, -0.2) is 24.9 Å². The molecule has 3 nitrogen and oxygen atoms in total. The molecule has 1 aromatic rings. The number of aliphatic hydroxyl groups excluding tert-OH is 1. The minimum atomic E-state index is 0.107. The van der Waals surface area contributed by atoms with Crippen LogP contribution in [0.4, 0.5) is 0 Å². The lowest BCUT2D eigenvalue weighted by atomic mass is 10.1. The summed E-state index contributed by atoms with van der Waals surface area (Å²) in [5.41, 5.74) is 2.18. The molecule has 1 unspecified atom stereocenters. The minimum absolute atomic E-state index is 0.107. The van der Waals surface area contributed by atoms with Crippen molar-refractivity contribution in [2.45, 2.75) is 32.0 Å². The molecule has 1 saturated carbocycles. The molecule has 0 bridgehead atoms. The van der Waals surface area contributed by atoms with Crippen molar-refractivity contribution in [2.75, 3.05) is 13.7 Å². The summed E-state index contributed by atoms with van der Waals surface area (Å²) in [6.07, 6.45) is 2.62. The summed E-state index contributed by atoms with van der Waals surface area (Å²) in [5.74, 6) is 0.774. The molecule has 0 saturated heterocycles. The van der Waals surface area contributed by atoms with Crippen molar-refractivity contribution in [1.29, 1.82) is 0 Å². The molecule has 17 heavy (non-hydrogen) atoms. The standard InChI is InChI=1S/C14H21NO2/c1-17-10-14(11-6-7-11)15-8-12-4-2-3-5-13(12)9-16/h2-5,11,14-16H,6-10H2,1H3. The van der Waals surface area contributed by atoms with Gasteiger partial charge in [-0.2, -0.15) is 0 Å². The molecule has 0 heterocycles. The Morgan fingerprint density at radius 1 is 1.35 bits per heavy atom. The molecule has 0 aromatic heterocycles. The first-order chi connectivity index (χ1) is 8.35. The van der Waals surface area contributed by atoms with Gasteiger partial charge in [0.15, 0.2) is 0 Å². The van der Waals surface area contributed by atoms with Gasteiger partial charge in [-0.05, 0) is 29.9 Å². The topological polar surface area (TPSA) is 41.5 Å². The summed E-state index contributed by atoms with van der Waals surface area (Å²) in [7, 11) is 1.75. The van der Waals surface area contributed by atoms with Gasteiger partial charge in [-0.15, -0.1) is 0 Å². The molecule has 1 aliphatic carbocycles. The zero-order chi connectivity index (χ0) is 12.1. The van der Waals surface area contributed by atoms with Crippen molar-refractivity contribution in [3.63, 3.8) is 0 Å². The van der Waals surface area contributed by atoms with Crippen molar-refractivity contribution in [3.8, 4) is 0 Å². The minimum Gasteiger partial charge on any atom is -0.392 e. The SMILES string of the molecule is COCC(NCc1ccccc1CO)C1CC1. The van der Waals surface area contributed by atoms with Gasteiger partial charge < -0.3 is 15.2 Å². The summed E-state index contributed by atoms with van der Waals surface area (Å²) < 4.78 is 5.24. The second kappa shape index (κ2) is 6.15. The van der Waals surface area contributed by atoms with Crippen LogP contribution in [-0.2, 0) is 17.9 Å². The van der Waals surface area contributed by atoms with E-state index in [1.807, 2.05) is 18.2 Å². The van der Waals surface area contributed by atoms with Gasteiger partial charge in [0.1, 0.15) is 0 Å². The molecule has 2 N–H and O–H groups in total. The second-order valence-electron chi connectivity index (χ2n) is 4.71. The third kappa shape index (κ3) is 3.53. The van der Waals surface area contributed by atoms with Crippen molar-refractivity contribution >= 4 is 0 Å².